The van der Waals surface area contributed by atoms with Crippen LogP contribution in [0.1, 0.15) is 271 Å². The molecule has 9 nitrogen and oxygen atoms in total. The molecule has 9 heteroatoms. The Morgan fingerprint density at radius 2 is 0.879 bits per heavy atom. The van der Waals surface area contributed by atoms with Gasteiger partial charge in [-0.2, -0.15) is 0 Å². The first-order valence-corrected chi connectivity index (χ1v) is 28.4. The minimum absolute atomic E-state index is 0.111. The number of allylic oxidation sites excluding steroid dienone is 4. The minimum Gasteiger partial charge on any atom is -0.457 e. The molecule has 1 fully saturated rings. The van der Waals surface area contributed by atoms with Gasteiger partial charge in [0.1, 0.15) is 30.5 Å². The van der Waals surface area contributed by atoms with Crippen LogP contribution in [0.25, 0.3) is 0 Å². The molecule has 0 radical (unpaired) electrons. The molecule has 1 rings (SSSR count). The molecule has 0 bridgehead atoms. The van der Waals surface area contributed by atoms with E-state index < -0.39 is 43.4 Å². The number of aliphatic hydroxyl groups is 4. The topological polar surface area (TPSA) is 135 Å². The maximum atomic E-state index is 12.9. The van der Waals surface area contributed by atoms with Gasteiger partial charge in [0.25, 0.3) is 0 Å². The van der Waals surface area contributed by atoms with Gasteiger partial charge in [0, 0.05) is 13.0 Å². The van der Waals surface area contributed by atoms with E-state index >= 15 is 0 Å². The third-order valence-electron chi connectivity index (χ3n) is 13.4. The fourth-order valence-electron chi connectivity index (χ4n) is 8.94. The smallest absolute Gasteiger partial charge is 0.306 e. The monoisotopic (exact) mass is 937 g/mol. The molecule has 0 aliphatic carbocycles. The number of carbonyl (C=O) groups excluding carboxylic acids is 1. The first kappa shape index (κ1) is 62.7. The molecular formula is C57H108O9. The molecule has 390 valence electrons. The van der Waals surface area contributed by atoms with E-state index in [9.17, 15) is 25.2 Å². The predicted molar refractivity (Wildman–Crippen MR) is 275 cm³/mol. The van der Waals surface area contributed by atoms with Gasteiger partial charge in [-0.05, 0) is 44.9 Å². The molecule has 6 atom stereocenters. The molecule has 0 aromatic carbocycles. The molecule has 1 saturated heterocycles. The highest BCUT2D eigenvalue weighted by atomic mass is 16.7. The maximum Gasteiger partial charge on any atom is 0.306 e. The van der Waals surface area contributed by atoms with Gasteiger partial charge in [-0.25, -0.2) is 0 Å². The van der Waals surface area contributed by atoms with Crippen molar-refractivity contribution in [2.75, 3.05) is 26.4 Å². The van der Waals surface area contributed by atoms with Gasteiger partial charge in [-0.3, -0.25) is 4.79 Å². The van der Waals surface area contributed by atoms with Gasteiger partial charge in [-0.15, -0.1) is 0 Å². The standard InChI is InChI=1S/C57H108O9/c1-3-5-7-9-11-13-15-17-19-21-23-24-25-26-27-28-30-32-34-36-38-40-42-44-46-53(59)65-51(50-64-57-56(62)55(61)54(60)52(48-58)66-57)49-63-47-45-43-41-39-37-35-33-31-29-22-20-18-16-14-12-10-8-6-4-2/h14,16,20,22,51-52,54-58,60-62H,3-13,15,17-19,21,23-50H2,1-2H3/b16-14-,22-20-. The number of hydrogen-bond acceptors (Lipinski definition) is 9. The Morgan fingerprint density at radius 3 is 1.32 bits per heavy atom. The second kappa shape index (κ2) is 48.7. The van der Waals surface area contributed by atoms with Crippen LogP contribution in [0.4, 0.5) is 0 Å². The summed E-state index contributed by atoms with van der Waals surface area (Å²) in [4.78, 5) is 12.9. The lowest BCUT2D eigenvalue weighted by molar-refractivity contribution is -0.305. The number of aliphatic hydroxyl groups excluding tert-OH is 4. The molecule has 0 aromatic heterocycles. The minimum atomic E-state index is -1.54. The molecule has 1 heterocycles. The molecule has 1 aliphatic rings. The van der Waals surface area contributed by atoms with Crippen molar-refractivity contribution in [1.29, 1.82) is 0 Å². The number of hydrogen-bond donors (Lipinski definition) is 4. The lowest BCUT2D eigenvalue weighted by Crippen LogP contribution is -2.59. The van der Waals surface area contributed by atoms with Crippen LogP contribution in [0.2, 0.25) is 0 Å². The van der Waals surface area contributed by atoms with E-state index in [1.54, 1.807) is 0 Å². The van der Waals surface area contributed by atoms with Crippen LogP contribution in [0, 0.1) is 0 Å². The van der Waals surface area contributed by atoms with E-state index in [1.165, 1.54) is 212 Å². The Bertz CT molecular complexity index is 1070. The van der Waals surface area contributed by atoms with Crippen LogP contribution < -0.4 is 0 Å². The summed E-state index contributed by atoms with van der Waals surface area (Å²) >= 11 is 0. The number of carbonyl (C=O) groups is 1. The third kappa shape index (κ3) is 38.5. The second-order valence-electron chi connectivity index (χ2n) is 19.7. The number of ether oxygens (including phenoxy) is 4. The number of unbranched alkanes of at least 4 members (excludes halogenated alkanes) is 35. The van der Waals surface area contributed by atoms with E-state index in [4.69, 9.17) is 18.9 Å². The SMILES string of the molecule is CCCCCC/C=C\C/C=C\CCCCCCCCCCOCC(COC1OC(CO)C(O)C(O)C1O)OC(=O)CCCCCCCCCCCCCCCCCCCCCCCCCC. The molecule has 66 heavy (non-hydrogen) atoms. The molecule has 0 spiro atoms. The first-order valence-electron chi connectivity index (χ1n) is 28.4. The largest absolute Gasteiger partial charge is 0.457 e. The predicted octanol–water partition coefficient (Wildman–Crippen LogP) is 14.5. The van der Waals surface area contributed by atoms with Crippen LogP contribution in [0.3, 0.4) is 0 Å². The van der Waals surface area contributed by atoms with Gasteiger partial charge in [-0.1, -0.05) is 244 Å². The van der Waals surface area contributed by atoms with Gasteiger partial charge in [0.2, 0.25) is 0 Å². The van der Waals surface area contributed by atoms with Gasteiger partial charge >= 0.3 is 5.97 Å². The Hall–Kier alpha value is -1.33. The van der Waals surface area contributed by atoms with E-state index in [1.807, 2.05) is 0 Å². The summed E-state index contributed by atoms with van der Waals surface area (Å²) in [6.45, 7) is 4.59. The fourth-order valence-corrected chi connectivity index (χ4v) is 8.94. The quantitative estimate of drug-likeness (QED) is 0.0267. The first-order chi connectivity index (χ1) is 32.4. The summed E-state index contributed by atoms with van der Waals surface area (Å²) in [5.74, 6) is -0.309. The summed E-state index contributed by atoms with van der Waals surface area (Å²) < 4.78 is 23.0. The Kier molecular flexibility index (Phi) is 46.2. The molecule has 0 saturated carbocycles. The van der Waals surface area contributed by atoms with Crippen molar-refractivity contribution in [3.8, 4) is 0 Å². The Labute approximate surface area is 407 Å². The van der Waals surface area contributed by atoms with Crippen molar-refractivity contribution in [2.45, 2.75) is 307 Å². The molecule has 1 aliphatic heterocycles. The van der Waals surface area contributed by atoms with Crippen molar-refractivity contribution >= 4 is 5.97 Å². The average molecular weight is 937 g/mol. The molecule has 6 unspecified atom stereocenters. The van der Waals surface area contributed by atoms with Crippen molar-refractivity contribution in [2.24, 2.45) is 0 Å². The van der Waals surface area contributed by atoms with E-state index in [-0.39, 0.29) is 19.2 Å². The summed E-state index contributed by atoms with van der Waals surface area (Å²) in [5, 5.41) is 40.3. The average Bonchev–Trinajstić information content (AvgIpc) is 3.32. The number of esters is 1. The van der Waals surface area contributed by atoms with E-state index in [0.717, 1.165) is 38.5 Å². The van der Waals surface area contributed by atoms with Crippen LogP contribution in [-0.2, 0) is 23.7 Å². The summed E-state index contributed by atoms with van der Waals surface area (Å²) in [6, 6.07) is 0. The zero-order valence-corrected chi connectivity index (χ0v) is 43.2. The number of rotatable bonds is 50. The maximum absolute atomic E-state index is 12.9. The highest BCUT2D eigenvalue weighted by Crippen LogP contribution is 2.23. The Morgan fingerprint density at radius 1 is 0.485 bits per heavy atom. The van der Waals surface area contributed by atoms with E-state index in [2.05, 4.69) is 38.2 Å². The lowest BCUT2D eigenvalue weighted by atomic mass is 9.99. The summed E-state index contributed by atoms with van der Waals surface area (Å²) in [6.07, 6.45) is 52.2. The summed E-state index contributed by atoms with van der Waals surface area (Å²) in [5.41, 5.74) is 0. The van der Waals surface area contributed by atoms with Crippen LogP contribution in [0.15, 0.2) is 24.3 Å². The van der Waals surface area contributed by atoms with Crippen molar-refractivity contribution in [1.82, 2.24) is 0 Å². The van der Waals surface area contributed by atoms with Gasteiger partial charge < -0.3 is 39.4 Å². The van der Waals surface area contributed by atoms with Gasteiger partial charge in [0.05, 0.1) is 19.8 Å². The van der Waals surface area contributed by atoms with Crippen LogP contribution in [0.5, 0.6) is 0 Å². The molecular weight excluding hydrogens is 829 g/mol. The van der Waals surface area contributed by atoms with Crippen LogP contribution in [-0.4, -0.2) is 89.6 Å². The highest BCUT2D eigenvalue weighted by molar-refractivity contribution is 5.69. The lowest BCUT2D eigenvalue weighted by Gasteiger charge is -2.39. The van der Waals surface area contributed by atoms with Crippen LogP contribution >= 0.6 is 0 Å². The second-order valence-corrected chi connectivity index (χ2v) is 19.7. The normalized spacial score (nSPS) is 19.4. The van der Waals surface area contributed by atoms with Crippen molar-refractivity contribution in [3.05, 3.63) is 24.3 Å². The highest BCUT2D eigenvalue weighted by Gasteiger charge is 2.44. The zero-order chi connectivity index (χ0) is 47.8. The fraction of sp³-hybridized carbons (Fsp3) is 0.912. The third-order valence-corrected chi connectivity index (χ3v) is 13.4. The zero-order valence-electron chi connectivity index (χ0n) is 43.2. The Balaban J connectivity index is 2.14. The summed E-state index contributed by atoms with van der Waals surface area (Å²) in [7, 11) is 0. The molecule has 0 amide bonds. The van der Waals surface area contributed by atoms with Gasteiger partial charge in [0.15, 0.2) is 6.29 Å². The van der Waals surface area contributed by atoms with Crippen molar-refractivity contribution in [3.63, 3.8) is 0 Å². The van der Waals surface area contributed by atoms with Crippen molar-refractivity contribution < 1.29 is 44.2 Å². The molecule has 4 N–H and O–H groups in total. The van der Waals surface area contributed by atoms with E-state index in [0.29, 0.717) is 13.0 Å². The molecule has 0 aromatic rings.